The summed E-state index contributed by atoms with van der Waals surface area (Å²) in [5, 5.41) is 2.87. The molecule has 1 amide bonds. The summed E-state index contributed by atoms with van der Waals surface area (Å²) in [7, 11) is 0. The third-order valence-corrected chi connectivity index (χ3v) is 3.23. The van der Waals surface area contributed by atoms with Crippen LogP contribution in [0.25, 0.3) is 0 Å². The van der Waals surface area contributed by atoms with Crippen LogP contribution in [-0.2, 0) is 11.2 Å². The van der Waals surface area contributed by atoms with E-state index in [4.69, 9.17) is 4.74 Å². The Hall–Kier alpha value is -2.07. The quantitative estimate of drug-likeness (QED) is 0.797. The van der Waals surface area contributed by atoms with Crippen LogP contribution < -0.4 is 10.1 Å². The van der Waals surface area contributed by atoms with Crippen molar-refractivity contribution in [2.75, 3.05) is 11.9 Å². The van der Waals surface area contributed by atoms with Gasteiger partial charge < -0.3 is 10.1 Å². The highest BCUT2D eigenvalue weighted by atomic mass is 79.9. The number of benzene rings is 2. The molecule has 2 aromatic rings. The van der Waals surface area contributed by atoms with E-state index in [2.05, 4.69) is 27.8 Å². The predicted octanol–water partition coefficient (Wildman–Crippen LogP) is 4.20. The molecule has 3 nitrogen and oxygen atoms in total. The van der Waals surface area contributed by atoms with Crippen LogP contribution >= 0.6 is 15.9 Å². The van der Waals surface area contributed by atoms with Crippen LogP contribution in [0.5, 0.6) is 5.75 Å². The average molecular weight is 346 g/mol. The van der Waals surface area contributed by atoms with Gasteiger partial charge in [-0.2, -0.15) is 0 Å². The lowest BCUT2D eigenvalue weighted by Crippen LogP contribution is -2.14. The summed E-state index contributed by atoms with van der Waals surface area (Å²) in [5.74, 6) is 0.643. The number of ether oxygens (including phenoxy) is 1. The number of amides is 1. The molecule has 0 atom stereocenters. The first kappa shape index (κ1) is 15.3. The molecule has 0 fully saturated rings. The highest BCUT2D eigenvalue weighted by molar-refractivity contribution is 9.10. The fraction of sp³-hybridized carbons (Fsp3) is 0.118. The molecular formula is C17H16BrNO2. The Morgan fingerprint density at radius 3 is 2.81 bits per heavy atom. The molecule has 0 bridgehead atoms. The number of anilines is 1. The van der Waals surface area contributed by atoms with Crippen molar-refractivity contribution in [1.82, 2.24) is 0 Å². The second-order valence-electron chi connectivity index (χ2n) is 4.48. The van der Waals surface area contributed by atoms with Gasteiger partial charge in [-0.3, -0.25) is 4.79 Å². The zero-order valence-electron chi connectivity index (χ0n) is 11.5. The van der Waals surface area contributed by atoms with Crippen molar-refractivity contribution in [2.45, 2.75) is 6.42 Å². The minimum atomic E-state index is -0.0611. The van der Waals surface area contributed by atoms with Gasteiger partial charge in [-0.05, 0) is 29.8 Å². The van der Waals surface area contributed by atoms with E-state index in [1.54, 1.807) is 12.1 Å². The maximum absolute atomic E-state index is 12.0. The molecule has 0 aromatic heterocycles. The second-order valence-corrected chi connectivity index (χ2v) is 5.40. The van der Waals surface area contributed by atoms with Crippen LogP contribution in [0, 0.1) is 0 Å². The summed E-state index contributed by atoms with van der Waals surface area (Å²) < 4.78 is 6.40. The van der Waals surface area contributed by atoms with Gasteiger partial charge in [0.25, 0.3) is 0 Å². The summed E-state index contributed by atoms with van der Waals surface area (Å²) in [4.78, 5) is 12.0. The number of nitrogens with one attached hydrogen (secondary N) is 1. The molecule has 0 radical (unpaired) electrons. The molecule has 0 aliphatic heterocycles. The first-order valence-corrected chi connectivity index (χ1v) is 7.35. The topological polar surface area (TPSA) is 38.3 Å². The van der Waals surface area contributed by atoms with E-state index >= 15 is 0 Å². The molecule has 0 unspecified atom stereocenters. The van der Waals surface area contributed by atoms with E-state index in [1.807, 2.05) is 42.5 Å². The molecule has 1 N–H and O–H groups in total. The lowest BCUT2D eigenvalue weighted by Gasteiger charge is -2.08. The molecule has 2 aromatic carbocycles. The second kappa shape index (κ2) is 7.64. The SMILES string of the molecule is C=CCOc1cccc(NC(=O)Cc2cccc(Br)c2)c1. The van der Waals surface area contributed by atoms with Crippen LogP contribution in [0.15, 0.2) is 65.7 Å². The van der Waals surface area contributed by atoms with Crippen molar-refractivity contribution >= 4 is 27.5 Å². The zero-order chi connectivity index (χ0) is 15.1. The van der Waals surface area contributed by atoms with Crippen LogP contribution in [0.4, 0.5) is 5.69 Å². The largest absolute Gasteiger partial charge is 0.489 e. The van der Waals surface area contributed by atoms with Crippen molar-refractivity contribution in [3.63, 3.8) is 0 Å². The van der Waals surface area contributed by atoms with E-state index in [9.17, 15) is 4.79 Å². The fourth-order valence-electron chi connectivity index (χ4n) is 1.86. The molecule has 0 saturated heterocycles. The van der Waals surface area contributed by atoms with Crippen LogP contribution in [0.2, 0.25) is 0 Å². The summed E-state index contributed by atoms with van der Waals surface area (Å²) >= 11 is 3.40. The normalized spacial score (nSPS) is 9.95. The number of carbonyl (C=O) groups excluding carboxylic acids is 1. The van der Waals surface area contributed by atoms with E-state index in [1.165, 1.54) is 0 Å². The van der Waals surface area contributed by atoms with Crippen molar-refractivity contribution in [1.29, 1.82) is 0 Å². The van der Waals surface area contributed by atoms with Crippen LogP contribution in [-0.4, -0.2) is 12.5 Å². The Morgan fingerprint density at radius 1 is 1.24 bits per heavy atom. The lowest BCUT2D eigenvalue weighted by atomic mass is 10.1. The Bertz CT molecular complexity index is 640. The third-order valence-electron chi connectivity index (χ3n) is 2.74. The number of carbonyl (C=O) groups is 1. The van der Waals surface area contributed by atoms with Crippen LogP contribution in [0.1, 0.15) is 5.56 Å². The highest BCUT2D eigenvalue weighted by Gasteiger charge is 2.05. The van der Waals surface area contributed by atoms with E-state index in [0.29, 0.717) is 18.8 Å². The molecule has 21 heavy (non-hydrogen) atoms. The number of halogens is 1. The Balaban J connectivity index is 1.97. The number of rotatable bonds is 6. The zero-order valence-corrected chi connectivity index (χ0v) is 13.1. The molecule has 0 aliphatic rings. The molecule has 4 heteroatoms. The standard InChI is InChI=1S/C17H16BrNO2/c1-2-9-21-16-8-4-7-15(12-16)19-17(20)11-13-5-3-6-14(18)10-13/h2-8,10,12H,1,9,11H2,(H,19,20). The molecule has 2 rings (SSSR count). The Kier molecular flexibility index (Phi) is 5.58. The summed E-state index contributed by atoms with van der Waals surface area (Å²) in [6.07, 6.45) is 2.01. The fourth-order valence-corrected chi connectivity index (χ4v) is 2.30. The van der Waals surface area contributed by atoms with Crippen molar-refractivity contribution in [2.24, 2.45) is 0 Å². The maximum Gasteiger partial charge on any atom is 0.228 e. The van der Waals surface area contributed by atoms with E-state index in [-0.39, 0.29) is 5.91 Å². The highest BCUT2D eigenvalue weighted by Crippen LogP contribution is 2.18. The minimum absolute atomic E-state index is 0.0611. The first-order valence-electron chi connectivity index (χ1n) is 6.55. The van der Waals surface area contributed by atoms with Gasteiger partial charge in [0.15, 0.2) is 0 Å². The molecule has 0 heterocycles. The number of hydrogen-bond acceptors (Lipinski definition) is 2. The van der Waals surface area contributed by atoms with E-state index in [0.717, 1.165) is 15.7 Å². The van der Waals surface area contributed by atoms with Gasteiger partial charge in [-0.25, -0.2) is 0 Å². The monoisotopic (exact) mass is 345 g/mol. The van der Waals surface area contributed by atoms with Gasteiger partial charge in [0.1, 0.15) is 12.4 Å². The average Bonchev–Trinajstić information content (AvgIpc) is 2.45. The van der Waals surface area contributed by atoms with Crippen molar-refractivity contribution in [3.8, 4) is 5.75 Å². The predicted molar refractivity (Wildman–Crippen MR) is 88.6 cm³/mol. The van der Waals surface area contributed by atoms with Gasteiger partial charge in [0.2, 0.25) is 5.91 Å². The van der Waals surface area contributed by atoms with Gasteiger partial charge in [-0.1, -0.05) is 46.8 Å². The summed E-state index contributed by atoms with van der Waals surface area (Å²) in [5.41, 5.74) is 1.68. The first-order chi connectivity index (χ1) is 10.2. The molecular weight excluding hydrogens is 330 g/mol. The third kappa shape index (κ3) is 5.08. The summed E-state index contributed by atoms with van der Waals surface area (Å²) in [6, 6.07) is 15.0. The Labute approximate surface area is 132 Å². The van der Waals surface area contributed by atoms with Crippen LogP contribution in [0.3, 0.4) is 0 Å². The number of hydrogen-bond donors (Lipinski definition) is 1. The molecule has 0 aliphatic carbocycles. The maximum atomic E-state index is 12.0. The Morgan fingerprint density at radius 2 is 2.05 bits per heavy atom. The van der Waals surface area contributed by atoms with Crippen molar-refractivity contribution in [3.05, 3.63) is 71.2 Å². The lowest BCUT2D eigenvalue weighted by molar-refractivity contribution is -0.115. The molecule has 0 spiro atoms. The van der Waals surface area contributed by atoms with Gasteiger partial charge in [-0.15, -0.1) is 0 Å². The van der Waals surface area contributed by atoms with E-state index < -0.39 is 0 Å². The smallest absolute Gasteiger partial charge is 0.228 e. The van der Waals surface area contributed by atoms with Gasteiger partial charge in [0.05, 0.1) is 6.42 Å². The summed E-state index contributed by atoms with van der Waals surface area (Å²) in [6.45, 7) is 4.04. The minimum Gasteiger partial charge on any atom is -0.489 e. The van der Waals surface area contributed by atoms with Gasteiger partial charge in [0, 0.05) is 16.2 Å². The van der Waals surface area contributed by atoms with Crippen molar-refractivity contribution < 1.29 is 9.53 Å². The molecule has 108 valence electrons. The molecule has 0 saturated carbocycles. The van der Waals surface area contributed by atoms with Gasteiger partial charge >= 0.3 is 0 Å².